The first-order valence-electron chi connectivity index (χ1n) is 7.49. The van der Waals surface area contributed by atoms with Gasteiger partial charge in [-0.05, 0) is 25.3 Å². The SMILES string of the molecule is CCc1cc2c(NCC(O)(CC)CC)nc(NC)nc2s1. The zero-order valence-electron chi connectivity index (χ0n) is 13.2. The minimum Gasteiger partial charge on any atom is -0.388 e. The number of fused-ring (bicyclic) bond motifs is 1. The van der Waals surface area contributed by atoms with Crippen LogP contribution in [0.25, 0.3) is 10.2 Å². The molecule has 0 aromatic carbocycles. The number of rotatable bonds is 7. The molecule has 2 rings (SSSR count). The normalized spacial score (nSPS) is 11.9. The Kier molecular flexibility index (Phi) is 5.00. The van der Waals surface area contributed by atoms with Gasteiger partial charge in [-0.15, -0.1) is 11.3 Å². The lowest BCUT2D eigenvalue weighted by Gasteiger charge is -2.25. The van der Waals surface area contributed by atoms with E-state index in [1.807, 2.05) is 20.9 Å². The predicted octanol–water partition coefficient (Wildman–Crippen LogP) is 3.26. The van der Waals surface area contributed by atoms with Crippen LogP contribution in [0.4, 0.5) is 11.8 Å². The molecule has 0 unspecified atom stereocenters. The molecule has 0 aliphatic carbocycles. The van der Waals surface area contributed by atoms with Gasteiger partial charge in [0.25, 0.3) is 0 Å². The molecule has 2 aromatic rings. The molecule has 6 heteroatoms. The maximum Gasteiger partial charge on any atom is 0.225 e. The number of hydrogen-bond acceptors (Lipinski definition) is 6. The summed E-state index contributed by atoms with van der Waals surface area (Å²) in [6.45, 7) is 6.63. The van der Waals surface area contributed by atoms with E-state index in [1.165, 1.54) is 4.88 Å². The van der Waals surface area contributed by atoms with E-state index in [1.54, 1.807) is 11.3 Å². The van der Waals surface area contributed by atoms with Crippen LogP contribution >= 0.6 is 11.3 Å². The summed E-state index contributed by atoms with van der Waals surface area (Å²) in [4.78, 5) is 11.3. The molecule has 2 heterocycles. The summed E-state index contributed by atoms with van der Waals surface area (Å²) in [5.74, 6) is 1.40. The van der Waals surface area contributed by atoms with E-state index in [9.17, 15) is 5.11 Å². The van der Waals surface area contributed by atoms with Crippen molar-refractivity contribution in [1.29, 1.82) is 0 Å². The van der Waals surface area contributed by atoms with Gasteiger partial charge in [0.15, 0.2) is 0 Å². The molecule has 0 amide bonds. The molecule has 116 valence electrons. The Morgan fingerprint density at radius 2 is 1.95 bits per heavy atom. The van der Waals surface area contributed by atoms with Crippen LogP contribution in [0.5, 0.6) is 0 Å². The molecular formula is C15H24N4OS. The number of nitrogens with one attached hydrogen (secondary N) is 2. The van der Waals surface area contributed by atoms with E-state index < -0.39 is 5.60 Å². The van der Waals surface area contributed by atoms with Crippen molar-refractivity contribution in [1.82, 2.24) is 9.97 Å². The molecule has 0 aliphatic rings. The lowest BCUT2D eigenvalue weighted by molar-refractivity contribution is 0.0456. The van der Waals surface area contributed by atoms with Crippen molar-refractivity contribution in [3.8, 4) is 0 Å². The highest BCUT2D eigenvalue weighted by Gasteiger charge is 2.22. The van der Waals surface area contributed by atoms with Crippen molar-refractivity contribution < 1.29 is 5.11 Å². The summed E-state index contributed by atoms with van der Waals surface area (Å²) in [6.07, 6.45) is 2.42. The number of aliphatic hydroxyl groups is 1. The van der Waals surface area contributed by atoms with Gasteiger partial charge < -0.3 is 15.7 Å². The van der Waals surface area contributed by atoms with Crippen LogP contribution in [0.3, 0.4) is 0 Å². The Labute approximate surface area is 129 Å². The van der Waals surface area contributed by atoms with Crippen molar-refractivity contribution in [3.05, 3.63) is 10.9 Å². The Hall–Kier alpha value is -1.40. The summed E-state index contributed by atoms with van der Waals surface area (Å²) in [5, 5.41) is 17.8. The van der Waals surface area contributed by atoms with E-state index in [2.05, 4.69) is 33.6 Å². The average molecular weight is 308 g/mol. The first-order valence-corrected chi connectivity index (χ1v) is 8.31. The lowest BCUT2D eigenvalue weighted by Crippen LogP contribution is -2.35. The third kappa shape index (κ3) is 3.44. The molecule has 0 saturated heterocycles. The van der Waals surface area contributed by atoms with Crippen LogP contribution in [0.15, 0.2) is 6.07 Å². The van der Waals surface area contributed by atoms with Gasteiger partial charge in [0.1, 0.15) is 10.6 Å². The predicted molar refractivity (Wildman–Crippen MR) is 90.4 cm³/mol. The van der Waals surface area contributed by atoms with Crippen molar-refractivity contribution in [2.24, 2.45) is 0 Å². The van der Waals surface area contributed by atoms with E-state index in [-0.39, 0.29) is 0 Å². The molecule has 0 saturated carbocycles. The minimum absolute atomic E-state index is 0.493. The summed E-state index contributed by atoms with van der Waals surface area (Å²) in [6, 6.07) is 2.14. The lowest BCUT2D eigenvalue weighted by atomic mass is 9.98. The molecule has 0 aliphatic heterocycles. The van der Waals surface area contributed by atoms with Crippen LogP contribution < -0.4 is 10.6 Å². The van der Waals surface area contributed by atoms with Gasteiger partial charge in [0, 0.05) is 18.5 Å². The van der Waals surface area contributed by atoms with Gasteiger partial charge >= 0.3 is 0 Å². The molecule has 0 bridgehead atoms. The van der Waals surface area contributed by atoms with E-state index in [0.29, 0.717) is 25.3 Å². The fourth-order valence-electron chi connectivity index (χ4n) is 2.14. The average Bonchev–Trinajstić information content (AvgIpc) is 2.95. The van der Waals surface area contributed by atoms with Gasteiger partial charge in [0.2, 0.25) is 5.95 Å². The zero-order valence-corrected chi connectivity index (χ0v) is 14.0. The van der Waals surface area contributed by atoms with Gasteiger partial charge in [-0.1, -0.05) is 20.8 Å². The molecule has 0 atom stereocenters. The van der Waals surface area contributed by atoms with Gasteiger partial charge in [-0.3, -0.25) is 0 Å². The standard InChI is InChI=1S/C15H24N4OS/c1-5-10-8-11-12(17-9-15(20,6-2)7-3)18-14(16-4)19-13(11)21-10/h8,20H,5-7,9H2,1-4H3,(H2,16,17,18,19). The summed E-state index contributed by atoms with van der Waals surface area (Å²) in [5.41, 5.74) is -0.694. The molecule has 0 fully saturated rings. The number of aromatic nitrogens is 2. The van der Waals surface area contributed by atoms with Crippen LogP contribution in [-0.4, -0.2) is 34.3 Å². The molecule has 0 spiro atoms. The first kappa shape index (κ1) is 16.0. The second-order valence-corrected chi connectivity index (χ2v) is 6.33. The summed E-state index contributed by atoms with van der Waals surface area (Å²) >= 11 is 1.69. The first-order chi connectivity index (χ1) is 10.0. The second-order valence-electron chi connectivity index (χ2n) is 5.22. The Balaban J connectivity index is 2.34. The number of hydrogen-bond donors (Lipinski definition) is 3. The summed E-state index contributed by atoms with van der Waals surface area (Å²) in [7, 11) is 1.81. The third-order valence-electron chi connectivity index (χ3n) is 3.92. The molecule has 0 radical (unpaired) electrons. The maximum atomic E-state index is 10.4. The molecule has 3 N–H and O–H groups in total. The fraction of sp³-hybridized carbons (Fsp3) is 0.600. The van der Waals surface area contributed by atoms with Crippen molar-refractivity contribution in [2.45, 2.75) is 45.6 Å². The number of nitrogens with zero attached hydrogens (tertiary/aromatic N) is 2. The second kappa shape index (κ2) is 6.58. The smallest absolute Gasteiger partial charge is 0.225 e. The van der Waals surface area contributed by atoms with Crippen LogP contribution in [0.2, 0.25) is 0 Å². The maximum absolute atomic E-state index is 10.4. The highest BCUT2D eigenvalue weighted by atomic mass is 32.1. The third-order valence-corrected chi connectivity index (χ3v) is 5.09. The minimum atomic E-state index is -0.694. The van der Waals surface area contributed by atoms with Gasteiger partial charge in [-0.25, -0.2) is 4.98 Å². The quantitative estimate of drug-likeness (QED) is 0.732. The molecule has 2 aromatic heterocycles. The molecular weight excluding hydrogens is 284 g/mol. The topological polar surface area (TPSA) is 70.1 Å². The van der Waals surface area contributed by atoms with Crippen molar-refractivity contribution in [2.75, 3.05) is 24.2 Å². The number of anilines is 2. The fourth-order valence-corrected chi connectivity index (χ4v) is 3.11. The van der Waals surface area contributed by atoms with Crippen LogP contribution in [0.1, 0.15) is 38.5 Å². The van der Waals surface area contributed by atoms with E-state index in [0.717, 1.165) is 22.5 Å². The molecule has 5 nitrogen and oxygen atoms in total. The number of thiophene rings is 1. The van der Waals surface area contributed by atoms with Crippen LogP contribution in [0, 0.1) is 0 Å². The van der Waals surface area contributed by atoms with Crippen LogP contribution in [-0.2, 0) is 6.42 Å². The van der Waals surface area contributed by atoms with E-state index in [4.69, 9.17) is 0 Å². The van der Waals surface area contributed by atoms with Gasteiger partial charge in [-0.2, -0.15) is 4.98 Å². The Morgan fingerprint density at radius 3 is 2.52 bits per heavy atom. The highest BCUT2D eigenvalue weighted by molar-refractivity contribution is 7.18. The highest BCUT2D eigenvalue weighted by Crippen LogP contribution is 2.30. The monoisotopic (exact) mass is 308 g/mol. The number of aryl methyl sites for hydroxylation is 1. The largest absolute Gasteiger partial charge is 0.388 e. The van der Waals surface area contributed by atoms with Gasteiger partial charge in [0.05, 0.1) is 11.0 Å². The van der Waals surface area contributed by atoms with E-state index >= 15 is 0 Å². The summed E-state index contributed by atoms with van der Waals surface area (Å²) < 4.78 is 0. The Morgan fingerprint density at radius 1 is 1.24 bits per heavy atom. The Bertz CT molecular complexity index is 607. The van der Waals surface area contributed by atoms with Crippen molar-refractivity contribution in [3.63, 3.8) is 0 Å². The zero-order chi connectivity index (χ0) is 15.5. The van der Waals surface area contributed by atoms with Crippen molar-refractivity contribution >= 4 is 33.3 Å². The molecule has 21 heavy (non-hydrogen) atoms.